The van der Waals surface area contributed by atoms with E-state index in [0.29, 0.717) is 30.3 Å². The molecule has 0 bridgehead atoms. The molecule has 3 N–H and O–H groups in total. The maximum atomic E-state index is 12.1. The third-order valence-corrected chi connectivity index (χ3v) is 3.15. The molecule has 22 heavy (non-hydrogen) atoms. The van der Waals surface area contributed by atoms with E-state index in [-0.39, 0.29) is 11.8 Å². The van der Waals surface area contributed by atoms with Crippen molar-refractivity contribution < 1.29 is 19.1 Å². The van der Waals surface area contributed by atoms with Crippen LogP contribution in [0.3, 0.4) is 0 Å². The summed E-state index contributed by atoms with van der Waals surface area (Å²) in [6, 6.07) is 5.30. The minimum atomic E-state index is -0.248. The first-order valence-electron chi connectivity index (χ1n) is 6.82. The van der Waals surface area contributed by atoms with Crippen LogP contribution in [0, 0.1) is 0 Å². The van der Waals surface area contributed by atoms with Crippen LogP contribution in [0.5, 0.6) is 11.5 Å². The van der Waals surface area contributed by atoms with Crippen molar-refractivity contribution in [1.29, 1.82) is 0 Å². The van der Waals surface area contributed by atoms with E-state index < -0.39 is 0 Å². The van der Waals surface area contributed by atoms with Crippen LogP contribution >= 0.6 is 0 Å². The number of hydrogen-bond acceptors (Lipinski definition) is 4. The Hall–Kier alpha value is -2.70. The van der Waals surface area contributed by atoms with Gasteiger partial charge in [0, 0.05) is 31.5 Å². The van der Waals surface area contributed by atoms with Gasteiger partial charge in [-0.15, -0.1) is 0 Å². The van der Waals surface area contributed by atoms with E-state index in [9.17, 15) is 9.59 Å². The molecule has 7 heteroatoms. The molecule has 1 aromatic carbocycles. The summed E-state index contributed by atoms with van der Waals surface area (Å²) in [6.45, 7) is 2.17. The molecule has 0 spiro atoms. The number of ether oxygens (including phenoxy) is 2. The van der Waals surface area contributed by atoms with Crippen molar-refractivity contribution in [3.8, 4) is 11.5 Å². The Kier molecular flexibility index (Phi) is 4.88. The number of rotatable bonds is 6. The first kappa shape index (κ1) is 15.7. The van der Waals surface area contributed by atoms with Crippen LogP contribution in [0.1, 0.15) is 17.4 Å². The molecule has 1 heterocycles. The fourth-order valence-corrected chi connectivity index (χ4v) is 2.10. The number of fused-ring (bicyclic) bond motifs is 1. The Morgan fingerprint density at radius 3 is 2.45 bits per heavy atom. The normalized spacial score (nSPS) is 10.3. The number of methoxy groups -OCH3 is 2. The SMILES string of the molecule is COc1cc(OC)c2[nH]c(C(=O)NCCNC(C)=O)cc2c1. The lowest BCUT2D eigenvalue weighted by Gasteiger charge is -2.05. The largest absolute Gasteiger partial charge is 0.497 e. The van der Waals surface area contributed by atoms with Gasteiger partial charge in [0.1, 0.15) is 17.2 Å². The molecule has 0 fully saturated rings. The highest BCUT2D eigenvalue weighted by atomic mass is 16.5. The predicted molar refractivity (Wildman–Crippen MR) is 82.4 cm³/mol. The molecule has 0 atom stereocenters. The van der Waals surface area contributed by atoms with Gasteiger partial charge in [-0.2, -0.15) is 0 Å². The van der Waals surface area contributed by atoms with Gasteiger partial charge in [0.15, 0.2) is 0 Å². The monoisotopic (exact) mass is 305 g/mol. The molecular formula is C15H19N3O4. The number of benzene rings is 1. The number of hydrogen-bond donors (Lipinski definition) is 3. The zero-order valence-corrected chi connectivity index (χ0v) is 12.8. The molecule has 0 radical (unpaired) electrons. The molecule has 0 saturated heterocycles. The summed E-state index contributed by atoms with van der Waals surface area (Å²) in [7, 11) is 3.13. The minimum absolute atomic E-state index is 0.128. The van der Waals surface area contributed by atoms with Crippen molar-refractivity contribution in [1.82, 2.24) is 15.6 Å². The first-order chi connectivity index (χ1) is 10.5. The van der Waals surface area contributed by atoms with Gasteiger partial charge < -0.3 is 25.1 Å². The van der Waals surface area contributed by atoms with Crippen molar-refractivity contribution in [2.75, 3.05) is 27.3 Å². The van der Waals surface area contributed by atoms with Crippen LogP contribution in [0.15, 0.2) is 18.2 Å². The molecule has 0 aliphatic heterocycles. The maximum Gasteiger partial charge on any atom is 0.267 e. The highest BCUT2D eigenvalue weighted by molar-refractivity contribution is 5.99. The van der Waals surface area contributed by atoms with E-state index in [0.717, 1.165) is 10.9 Å². The topological polar surface area (TPSA) is 92.4 Å². The Bertz CT molecular complexity index is 693. The first-order valence-corrected chi connectivity index (χ1v) is 6.82. The van der Waals surface area contributed by atoms with Crippen LogP contribution in [0.4, 0.5) is 0 Å². The molecule has 2 amide bonds. The zero-order chi connectivity index (χ0) is 16.1. The maximum absolute atomic E-state index is 12.1. The van der Waals surface area contributed by atoms with Crippen molar-refractivity contribution in [2.24, 2.45) is 0 Å². The van der Waals surface area contributed by atoms with Crippen LogP contribution in [0.25, 0.3) is 10.9 Å². The Balaban J connectivity index is 2.14. The smallest absolute Gasteiger partial charge is 0.267 e. The number of amides is 2. The van der Waals surface area contributed by atoms with E-state index in [1.165, 1.54) is 6.92 Å². The van der Waals surface area contributed by atoms with E-state index >= 15 is 0 Å². The van der Waals surface area contributed by atoms with Crippen molar-refractivity contribution in [3.63, 3.8) is 0 Å². The number of carbonyl (C=O) groups excluding carboxylic acids is 2. The highest BCUT2D eigenvalue weighted by Gasteiger charge is 2.13. The standard InChI is InChI=1S/C15H19N3O4/c1-9(19)16-4-5-17-15(20)12-7-10-6-11(21-2)8-13(22-3)14(10)18-12/h6-8,18H,4-5H2,1-3H3,(H,16,19)(H,17,20). The summed E-state index contributed by atoms with van der Waals surface area (Å²) in [4.78, 5) is 25.9. The van der Waals surface area contributed by atoms with Gasteiger partial charge in [0.05, 0.1) is 19.7 Å². The summed E-state index contributed by atoms with van der Waals surface area (Å²) in [5, 5.41) is 6.16. The Morgan fingerprint density at radius 1 is 1.09 bits per heavy atom. The van der Waals surface area contributed by atoms with Gasteiger partial charge in [-0.25, -0.2) is 0 Å². The molecule has 0 unspecified atom stereocenters. The van der Waals surface area contributed by atoms with E-state index in [4.69, 9.17) is 9.47 Å². The average molecular weight is 305 g/mol. The molecular weight excluding hydrogens is 286 g/mol. The van der Waals surface area contributed by atoms with Gasteiger partial charge in [-0.05, 0) is 12.1 Å². The lowest BCUT2D eigenvalue weighted by molar-refractivity contribution is -0.118. The van der Waals surface area contributed by atoms with E-state index in [2.05, 4.69) is 15.6 Å². The Labute approximate surface area is 128 Å². The summed E-state index contributed by atoms with van der Waals surface area (Å²) in [6.07, 6.45) is 0. The Morgan fingerprint density at radius 2 is 1.82 bits per heavy atom. The number of H-pyrrole nitrogens is 1. The molecule has 2 rings (SSSR count). The fourth-order valence-electron chi connectivity index (χ4n) is 2.10. The third-order valence-electron chi connectivity index (χ3n) is 3.15. The number of carbonyl (C=O) groups is 2. The lowest BCUT2D eigenvalue weighted by atomic mass is 10.2. The van der Waals surface area contributed by atoms with Crippen LogP contribution in [0.2, 0.25) is 0 Å². The molecule has 0 saturated carbocycles. The predicted octanol–water partition coefficient (Wildman–Crippen LogP) is 1.05. The number of nitrogens with one attached hydrogen (secondary N) is 3. The second-order valence-electron chi connectivity index (χ2n) is 4.72. The van der Waals surface area contributed by atoms with E-state index in [1.807, 2.05) is 6.07 Å². The van der Waals surface area contributed by atoms with Crippen molar-refractivity contribution in [3.05, 3.63) is 23.9 Å². The summed E-state index contributed by atoms with van der Waals surface area (Å²) >= 11 is 0. The number of aromatic nitrogens is 1. The molecule has 7 nitrogen and oxygen atoms in total. The summed E-state index contributed by atoms with van der Waals surface area (Å²) in [5.41, 5.74) is 1.15. The molecule has 1 aromatic heterocycles. The summed E-state index contributed by atoms with van der Waals surface area (Å²) in [5.74, 6) is 0.881. The molecule has 2 aromatic rings. The number of aromatic amines is 1. The quantitative estimate of drug-likeness (QED) is 0.696. The molecule has 0 aliphatic rings. The van der Waals surface area contributed by atoms with Crippen LogP contribution in [-0.2, 0) is 4.79 Å². The molecule has 118 valence electrons. The minimum Gasteiger partial charge on any atom is -0.497 e. The lowest BCUT2D eigenvalue weighted by Crippen LogP contribution is -2.33. The van der Waals surface area contributed by atoms with Crippen LogP contribution in [-0.4, -0.2) is 44.1 Å². The van der Waals surface area contributed by atoms with E-state index in [1.54, 1.807) is 26.4 Å². The second kappa shape index (κ2) is 6.84. The van der Waals surface area contributed by atoms with Gasteiger partial charge in [0.2, 0.25) is 5.91 Å². The summed E-state index contributed by atoms with van der Waals surface area (Å²) < 4.78 is 10.5. The van der Waals surface area contributed by atoms with Crippen LogP contribution < -0.4 is 20.1 Å². The second-order valence-corrected chi connectivity index (χ2v) is 4.72. The zero-order valence-electron chi connectivity index (χ0n) is 12.8. The molecule has 0 aliphatic carbocycles. The highest BCUT2D eigenvalue weighted by Crippen LogP contribution is 2.31. The van der Waals surface area contributed by atoms with Gasteiger partial charge in [0.25, 0.3) is 5.91 Å². The fraction of sp³-hybridized carbons (Fsp3) is 0.333. The van der Waals surface area contributed by atoms with Crippen molar-refractivity contribution in [2.45, 2.75) is 6.92 Å². The van der Waals surface area contributed by atoms with Gasteiger partial charge in [-0.3, -0.25) is 9.59 Å². The van der Waals surface area contributed by atoms with Gasteiger partial charge >= 0.3 is 0 Å². The van der Waals surface area contributed by atoms with Gasteiger partial charge in [-0.1, -0.05) is 0 Å². The van der Waals surface area contributed by atoms with Crippen molar-refractivity contribution >= 4 is 22.7 Å². The average Bonchev–Trinajstić information content (AvgIpc) is 2.94. The third kappa shape index (κ3) is 3.49.